The van der Waals surface area contributed by atoms with E-state index in [9.17, 15) is 4.79 Å². The summed E-state index contributed by atoms with van der Waals surface area (Å²) < 4.78 is 5.35. The molecule has 2 aromatic rings. The second-order valence-electron chi connectivity index (χ2n) is 3.74. The quantitative estimate of drug-likeness (QED) is 0.892. The molecule has 2 N–H and O–H groups in total. The average Bonchev–Trinajstić information content (AvgIpc) is 2.83. The number of hydrogen-bond donors (Lipinski definition) is 2. The van der Waals surface area contributed by atoms with E-state index in [-0.39, 0.29) is 12.5 Å². The fraction of sp³-hybridized carbons (Fsp3) is 0.167. The zero-order valence-electron chi connectivity index (χ0n) is 9.74. The molecule has 5 nitrogen and oxygen atoms in total. The van der Waals surface area contributed by atoms with Gasteiger partial charge in [0.15, 0.2) is 6.61 Å². The van der Waals surface area contributed by atoms with Crippen LogP contribution in [0.15, 0.2) is 30.5 Å². The van der Waals surface area contributed by atoms with E-state index in [1.54, 1.807) is 24.4 Å². The summed E-state index contributed by atoms with van der Waals surface area (Å²) in [5.74, 6) is 0.743. The molecule has 0 fully saturated rings. The van der Waals surface area contributed by atoms with Gasteiger partial charge in [0, 0.05) is 6.07 Å². The lowest BCUT2D eigenvalue weighted by atomic mass is 10.2. The molecule has 0 saturated carbocycles. The van der Waals surface area contributed by atoms with E-state index in [4.69, 9.17) is 16.3 Å². The van der Waals surface area contributed by atoms with Crippen LogP contribution in [0.2, 0.25) is 5.02 Å². The van der Waals surface area contributed by atoms with E-state index in [1.807, 2.05) is 13.0 Å². The molecule has 6 heteroatoms. The van der Waals surface area contributed by atoms with Crippen LogP contribution in [-0.4, -0.2) is 22.7 Å². The van der Waals surface area contributed by atoms with Gasteiger partial charge in [0.1, 0.15) is 11.6 Å². The number of nitrogens with zero attached hydrogens (tertiary/aromatic N) is 1. The molecule has 0 spiro atoms. The Kier molecular flexibility index (Phi) is 3.84. The summed E-state index contributed by atoms with van der Waals surface area (Å²) >= 11 is 5.95. The third-order valence-electron chi connectivity index (χ3n) is 2.22. The molecule has 2 rings (SSSR count). The Bertz CT molecular complexity index is 540. The van der Waals surface area contributed by atoms with Crippen molar-refractivity contribution < 1.29 is 9.53 Å². The lowest BCUT2D eigenvalue weighted by molar-refractivity contribution is -0.118. The number of aromatic nitrogens is 2. The monoisotopic (exact) mass is 265 g/mol. The molecular weight excluding hydrogens is 254 g/mol. The number of hydrogen-bond acceptors (Lipinski definition) is 3. The molecule has 0 aliphatic rings. The van der Waals surface area contributed by atoms with Crippen molar-refractivity contribution in [2.75, 3.05) is 11.9 Å². The molecule has 0 aliphatic carbocycles. The number of halogens is 1. The van der Waals surface area contributed by atoms with Crippen LogP contribution in [0.25, 0.3) is 0 Å². The first kappa shape index (κ1) is 12.4. The number of amides is 1. The Balaban J connectivity index is 1.91. The van der Waals surface area contributed by atoms with Crippen LogP contribution in [0.4, 0.5) is 5.82 Å². The zero-order valence-corrected chi connectivity index (χ0v) is 10.5. The molecule has 0 bridgehead atoms. The zero-order chi connectivity index (χ0) is 13.0. The van der Waals surface area contributed by atoms with Crippen LogP contribution in [0.3, 0.4) is 0 Å². The van der Waals surface area contributed by atoms with Gasteiger partial charge in [-0.25, -0.2) is 0 Å². The van der Waals surface area contributed by atoms with Crippen LogP contribution in [0.1, 0.15) is 5.56 Å². The Labute approximate surface area is 109 Å². The summed E-state index contributed by atoms with van der Waals surface area (Å²) in [7, 11) is 0. The number of H-pyrrole nitrogens is 1. The number of carbonyl (C=O) groups is 1. The molecule has 0 radical (unpaired) electrons. The second kappa shape index (κ2) is 5.55. The maximum atomic E-state index is 11.6. The van der Waals surface area contributed by atoms with Crippen LogP contribution >= 0.6 is 11.6 Å². The van der Waals surface area contributed by atoms with Crippen LogP contribution in [-0.2, 0) is 4.79 Å². The summed E-state index contributed by atoms with van der Waals surface area (Å²) in [6, 6.07) is 7.04. The summed E-state index contributed by atoms with van der Waals surface area (Å²) in [4.78, 5) is 11.6. The van der Waals surface area contributed by atoms with Gasteiger partial charge in [0.2, 0.25) is 0 Å². The lowest BCUT2D eigenvalue weighted by Gasteiger charge is -2.08. The number of anilines is 1. The number of ether oxygens (including phenoxy) is 1. The molecule has 0 aliphatic heterocycles. The first-order valence-corrected chi connectivity index (χ1v) is 5.71. The van der Waals surface area contributed by atoms with Crippen molar-refractivity contribution in [2.24, 2.45) is 0 Å². The molecule has 18 heavy (non-hydrogen) atoms. The molecule has 1 aromatic carbocycles. The first-order valence-electron chi connectivity index (χ1n) is 5.33. The molecule has 0 saturated heterocycles. The molecule has 0 unspecified atom stereocenters. The second-order valence-corrected chi connectivity index (χ2v) is 4.15. The summed E-state index contributed by atoms with van der Waals surface area (Å²) in [6.07, 6.45) is 1.55. The highest BCUT2D eigenvalue weighted by molar-refractivity contribution is 6.32. The summed E-state index contributed by atoms with van der Waals surface area (Å²) in [6.45, 7) is 1.82. The van der Waals surface area contributed by atoms with Crippen LogP contribution in [0, 0.1) is 6.92 Å². The van der Waals surface area contributed by atoms with Crippen LogP contribution in [0.5, 0.6) is 5.75 Å². The minimum Gasteiger partial charge on any atom is -0.482 e. The number of carbonyl (C=O) groups excluding carboxylic acids is 1. The Morgan fingerprint density at radius 1 is 1.50 bits per heavy atom. The summed E-state index contributed by atoms with van der Waals surface area (Å²) in [5.41, 5.74) is 1.02. The van der Waals surface area contributed by atoms with Crippen molar-refractivity contribution in [3.05, 3.63) is 41.0 Å². The SMILES string of the molecule is Cc1ccc(Cl)c(OCC(=O)Nc2ccn[nH]2)c1. The van der Waals surface area contributed by atoms with Gasteiger partial charge in [0.25, 0.3) is 5.91 Å². The Morgan fingerprint density at radius 2 is 2.33 bits per heavy atom. The topological polar surface area (TPSA) is 67.0 Å². The Morgan fingerprint density at radius 3 is 3.06 bits per heavy atom. The van der Waals surface area contributed by atoms with Gasteiger partial charge in [-0.3, -0.25) is 9.89 Å². The molecule has 1 aromatic heterocycles. The van der Waals surface area contributed by atoms with Gasteiger partial charge >= 0.3 is 0 Å². The van der Waals surface area contributed by atoms with Gasteiger partial charge in [-0.1, -0.05) is 17.7 Å². The number of rotatable bonds is 4. The predicted octanol–water partition coefficient (Wildman–Crippen LogP) is 2.39. The van der Waals surface area contributed by atoms with E-state index in [0.29, 0.717) is 16.6 Å². The van der Waals surface area contributed by atoms with Crippen molar-refractivity contribution in [1.82, 2.24) is 10.2 Å². The van der Waals surface area contributed by atoms with E-state index in [1.165, 1.54) is 0 Å². The normalized spacial score (nSPS) is 10.1. The molecular formula is C12H12ClN3O2. The fourth-order valence-electron chi connectivity index (χ4n) is 1.38. The van der Waals surface area contributed by atoms with Crippen molar-refractivity contribution in [1.29, 1.82) is 0 Å². The predicted molar refractivity (Wildman–Crippen MR) is 68.9 cm³/mol. The van der Waals surface area contributed by atoms with Gasteiger partial charge < -0.3 is 10.1 Å². The molecule has 1 heterocycles. The maximum absolute atomic E-state index is 11.6. The Hall–Kier alpha value is -2.01. The van der Waals surface area contributed by atoms with Gasteiger partial charge in [-0.15, -0.1) is 0 Å². The van der Waals surface area contributed by atoms with Crippen molar-refractivity contribution in [3.8, 4) is 5.75 Å². The highest BCUT2D eigenvalue weighted by Crippen LogP contribution is 2.25. The van der Waals surface area contributed by atoms with Crippen molar-refractivity contribution in [2.45, 2.75) is 6.92 Å². The number of nitrogens with one attached hydrogen (secondary N) is 2. The molecule has 0 atom stereocenters. The maximum Gasteiger partial charge on any atom is 0.263 e. The third kappa shape index (κ3) is 3.24. The van der Waals surface area contributed by atoms with E-state index in [0.717, 1.165) is 5.56 Å². The number of aromatic amines is 1. The summed E-state index contributed by atoms with van der Waals surface area (Å²) in [5, 5.41) is 9.42. The van der Waals surface area contributed by atoms with Gasteiger partial charge in [-0.2, -0.15) is 5.10 Å². The third-order valence-corrected chi connectivity index (χ3v) is 2.53. The first-order chi connectivity index (χ1) is 8.65. The standard InChI is InChI=1S/C12H12ClN3O2/c1-8-2-3-9(13)10(6-8)18-7-12(17)15-11-4-5-14-16-11/h2-6H,7H2,1H3,(H2,14,15,16,17). The van der Waals surface area contributed by atoms with Gasteiger partial charge in [-0.05, 0) is 24.6 Å². The van der Waals surface area contributed by atoms with Crippen molar-refractivity contribution >= 4 is 23.3 Å². The molecule has 94 valence electrons. The van der Waals surface area contributed by atoms with E-state index < -0.39 is 0 Å². The molecule has 1 amide bonds. The van der Waals surface area contributed by atoms with Crippen molar-refractivity contribution in [3.63, 3.8) is 0 Å². The van der Waals surface area contributed by atoms with Crippen LogP contribution < -0.4 is 10.1 Å². The van der Waals surface area contributed by atoms with E-state index in [2.05, 4.69) is 15.5 Å². The minimum atomic E-state index is -0.281. The van der Waals surface area contributed by atoms with Gasteiger partial charge in [0.05, 0.1) is 11.2 Å². The average molecular weight is 266 g/mol. The highest BCUT2D eigenvalue weighted by Gasteiger charge is 2.07. The fourth-order valence-corrected chi connectivity index (χ4v) is 1.55. The smallest absolute Gasteiger partial charge is 0.263 e. The lowest BCUT2D eigenvalue weighted by Crippen LogP contribution is -2.20. The minimum absolute atomic E-state index is 0.109. The largest absolute Gasteiger partial charge is 0.482 e. The number of aryl methyl sites for hydroxylation is 1. The van der Waals surface area contributed by atoms with E-state index >= 15 is 0 Å². The highest BCUT2D eigenvalue weighted by atomic mass is 35.5. The number of benzene rings is 1.